The third-order valence-corrected chi connectivity index (χ3v) is 4.65. The standard InChI is InChI=1S/C19H18N6O3/c1-11(8-20)4-5-25-17-14(24(3)19(25)26)9-21-18(23-17)22-13-7-16-15(6-12(13)2)27-10-28-16/h6-7,9H,1,4-5,10H2,2-3H3,(H,21,22,23). The van der Waals surface area contributed by atoms with Crippen LogP contribution in [0.5, 0.6) is 11.5 Å². The number of rotatable bonds is 5. The van der Waals surface area contributed by atoms with Crippen LogP contribution in [0.1, 0.15) is 12.0 Å². The van der Waals surface area contributed by atoms with Crippen LogP contribution in [0.25, 0.3) is 11.2 Å². The smallest absolute Gasteiger partial charge is 0.330 e. The van der Waals surface area contributed by atoms with Gasteiger partial charge in [0.25, 0.3) is 0 Å². The van der Waals surface area contributed by atoms with Gasteiger partial charge in [-0.1, -0.05) is 6.58 Å². The van der Waals surface area contributed by atoms with Crippen molar-refractivity contribution >= 4 is 22.8 Å². The van der Waals surface area contributed by atoms with Crippen molar-refractivity contribution in [2.24, 2.45) is 7.05 Å². The molecule has 2 aromatic heterocycles. The number of nitriles is 1. The number of fused-ring (bicyclic) bond motifs is 2. The molecule has 0 aliphatic carbocycles. The van der Waals surface area contributed by atoms with E-state index in [1.807, 2.05) is 25.1 Å². The number of benzene rings is 1. The van der Waals surface area contributed by atoms with Gasteiger partial charge in [-0.3, -0.25) is 9.13 Å². The summed E-state index contributed by atoms with van der Waals surface area (Å²) in [5.74, 6) is 1.71. The van der Waals surface area contributed by atoms with Crippen LogP contribution in [0.2, 0.25) is 0 Å². The number of nitrogens with one attached hydrogen (secondary N) is 1. The molecule has 142 valence electrons. The van der Waals surface area contributed by atoms with Crippen LogP contribution in [-0.4, -0.2) is 25.9 Å². The summed E-state index contributed by atoms with van der Waals surface area (Å²) in [6.07, 6.45) is 1.98. The Morgan fingerprint density at radius 3 is 2.89 bits per heavy atom. The molecule has 3 aromatic rings. The molecule has 4 rings (SSSR count). The lowest BCUT2D eigenvalue weighted by Crippen LogP contribution is -2.22. The highest BCUT2D eigenvalue weighted by Crippen LogP contribution is 2.37. The summed E-state index contributed by atoms with van der Waals surface area (Å²) in [6, 6.07) is 5.71. The number of anilines is 2. The van der Waals surface area contributed by atoms with Gasteiger partial charge in [-0.2, -0.15) is 10.2 Å². The van der Waals surface area contributed by atoms with Crippen molar-refractivity contribution in [3.05, 3.63) is 46.5 Å². The van der Waals surface area contributed by atoms with E-state index in [2.05, 4.69) is 21.9 Å². The number of hydrogen-bond donors (Lipinski definition) is 1. The van der Waals surface area contributed by atoms with Crippen LogP contribution in [0.3, 0.4) is 0 Å². The fourth-order valence-corrected chi connectivity index (χ4v) is 3.04. The molecule has 1 aliphatic heterocycles. The van der Waals surface area contributed by atoms with Gasteiger partial charge in [0, 0.05) is 30.9 Å². The van der Waals surface area contributed by atoms with Crippen molar-refractivity contribution in [2.75, 3.05) is 12.1 Å². The molecule has 0 unspecified atom stereocenters. The molecule has 9 heteroatoms. The topological polar surface area (TPSA) is 107 Å². The van der Waals surface area contributed by atoms with Gasteiger partial charge >= 0.3 is 5.69 Å². The van der Waals surface area contributed by atoms with Gasteiger partial charge in [0.15, 0.2) is 17.1 Å². The third kappa shape index (κ3) is 2.95. The monoisotopic (exact) mass is 378 g/mol. The molecule has 0 radical (unpaired) electrons. The second kappa shape index (κ2) is 6.74. The molecule has 9 nitrogen and oxygen atoms in total. The van der Waals surface area contributed by atoms with Gasteiger partial charge in [0.1, 0.15) is 5.52 Å². The molecule has 1 aromatic carbocycles. The number of ether oxygens (including phenoxy) is 2. The predicted octanol–water partition coefficient (Wildman–Crippen LogP) is 2.38. The summed E-state index contributed by atoms with van der Waals surface area (Å²) in [5.41, 5.74) is 3.03. The maximum Gasteiger partial charge on any atom is 0.330 e. The molecule has 0 amide bonds. The lowest BCUT2D eigenvalue weighted by atomic mass is 10.2. The van der Waals surface area contributed by atoms with E-state index >= 15 is 0 Å². The van der Waals surface area contributed by atoms with Crippen molar-refractivity contribution in [1.29, 1.82) is 5.26 Å². The van der Waals surface area contributed by atoms with E-state index in [-0.39, 0.29) is 12.5 Å². The highest BCUT2D eigenvalue weighted by atomic mass is 16.7. The zero-order valence-electron chi connectivity index (χ0n) is 15.5. The van der Waals surface area contributed by atoms with Crippen molar-refractivity contribution in [3.8, 4) is 17.6 Å². The Kier molecular flexibility index (Phi) is 4.24. The van der Waals surface area contributed by atoms with E-state index in [0.29, 0.717) is 47.1 Å². The minimum Gasteiger partial charge on any atom is -0.454 e. The second-order valence-electron chi connectivity index (χ2n) is 6.51. The van der Waals surface area contributed by atoms with Gasteiger partial charge < -0.3 is 14.8 Å². The quantitative estimate of drug-likeness (QED) is 0.679. The number of imidazole rings is 1. The first-order valence-corrected chi connectivity index (χ1v) is 8.65. The molecule has 28 heavy (non-hydrogen) atoms. The average Bonchev–Trinajstić information content (AvgIpc) is 3.23. The average molecular weight is 378 g/mol. The number of nitrogens with zero attached hydrogens (tertiary/aromatic N) is 5. The Hall–Kier alpha value is -3.80. The maximum atomic E-state index is 12.5. The Balaban J connectivity index is 1.70. The zero-order chi connectivity index (χ0) is 19.8. The summed E-state index contributed by atoms with van der Waals surface area (Å²) >= 11 is 0. The van der Waals surface area contributed by atoms with E-state index in [9.17, 15) is 4.79 Å². The van der Waals surface area contributed by atoms with Crippen LogP contribution in [-0.2, 0) is 13.6 Å². The molecule has 0 saturated carbocycles. The largest absolute Gasteiger partial charge is 0.454 e. The Bertz CT molecular complexity index is 1200. The molecule has 0 bridgehead atoms. The van der Waals surface area contributed by atoms with Crippen molar-refractivity contribution in [3.63, 3.8) is 0 Å². The first-order chi connectivity index (χ1) is 13.5. The predicted molar refractivity (Wildman–Crippen MR) is 103 cm³/mol. The van der Waals surface area contributed by atoms with Crippen LogP contribution in [0.4, 0.5) is 11.6 Å². The van der Waals surface area contributed by atoms with Crippen molar-refractivity contribution < 1.29 is 9.47 Å². The minimum atomic E-state index is -0.216. The SMILES string of the molecule is C=C(C#N)CCn1c(=O)n(C)c2cnc(Nc3cc4c(cc3C)OCO4)nc21. The molecule has 0 fully saturated rings. The van der Waals surface area contributed by atoms with Gasteiger partial charge in [-0.05, 0) is 25.0 Å². The number of hydrogen-bond acceptors (Lipinski definition) is 7. The third-order valence-electron chi connectivity index (χ3n) is 4.65. The minimum absolute atomic E-state index is 0.199. The molecule has 0 atom stereocenters. The summed E-state index contributed by atoms with van der Waals surface area (Å²) in [7, 11) is 1.67. The normalized spacial score (nSPS) is 12.2. The highest BCUT2D eigenvalue weighted by molar-refractivity contribution is 5.73. The van der Waals surface area contributed by atoms with E-state index < -0.39 is 0 Å². The van der Waals surface area contributed by atoms with Crippen LogP contribution in [0.15, 0.2) is 35.3 Å². The number of allylic oxidation sites excluding steroid dienone is 1. The molecule has 1 aliphatic rings. The molecule has 1 N–H and O–H groups in total. The summed E-state index contributed by atoms with van der Waals surface area (Å²) < 4.78 is 13.8. The summed E-state index contributed by atoms with van der Waals surface area (Å²) in [4.78, 5) is 21.4. The summed E-state index contributed by atoms with van der Waals surface area (Å²) in [6.45, 7) is 6.13. The highest BCUT2D eigenvalue weighted by Gasteiger charge is 2.17. The first-order valence-electron chi connectivity index (χ1n) is 8.65. The van der Waals surface area contributed by atoms with Crippen LogP contribution < -0.4 is 20.5 Å². The van der Waals surface area contributed by atoms with Gasteiger partial charge in [0.2, 0.25) is 12.7 Å². The van der Waals surface area contributed by atoms with Gasteiger partial charge in [-0.15, -0.1) is 0 Å². The Labute approximate surface area is 160 Å². The maximum absolute atomic E-state index is 12.5. The van der Waals surface area contributed by atoms with Crippen molar-refractivity contribution in [2.45, 2.75) is 19.9 Å². The van der Waals surface area contributed by atoms with Crippen LogP contribution >= 0.6 is 0 Å². The lowest BCUT2D eigenvalue weighted by Gasteiger charge is -2.10. The van der Waals surface area contributed by atoms with Gasteiger partial charge in [0.05, 0.1) is 12.3 Å². The molecule has 0 saturated heterocycles. The van der Waals surface area contributed by atoms with E-state index in [1.165, 1.54) is 9.13 Å². The molecule has 3 heterocycles. The second-order valence-corrected chi connectivity index (χ2v) is 6.51. The number of aryl methyl sites for hydroxylation is 3. The molecule has 0 spiro atoms. The Morgan fingerprint density at radius 1 is 1.39 bits per heavy atom. The van der Waals surface area contributed by atoms with E-state index in [4.69, 9.17) is 14.7 Å². The molecular formula is C19H18N6O3. The summed E-state index contributed by atoms with van der Waals surface area (Å²) in [5, 5.41) is 12.1. The van der Waals surface area contributed by atoms with Gasteiger partial charge in [-0.25, -0.2) is 9.78 Å². The molecular weight excluding hydrogens is 360 g/mol. The zero-order valence-corrected chi connectivity index (χ0v) is 15.5. The lowest BCUT2D eigenvalue weighted by molar-refractivity contribution is 0.174. The Morgan fingerprint density at radius 2 is 2.14 bits per heavy atom. The van der Waals surface area contributed by atoms with Crippen LogP contribution in [0, 0.1) is 18.3 Å². The van der Waals surface area contributed by atoms with Crippen molar-refractivity contribution in [1.82, 2.24) is 19.1 Å². The van der Waals surface area contributed by atoms with E-state index in [0.717, 1.165) is 11.3 Å². The first kappa shape index (κ1) is 17.6. The number of aromatic nitrogens is 4. The fraction of sp³-hybridized carbons (Fsp3) is 0.263. The van der Waals surface area contributed by atoms with E-state index in [1.54, 1.807) is 13.2 Å². The fourth-order valence-electron chi connectivity index (χ4n) is 3.04.